The van der Waals surface area contributed by atoms with Crippen LogP contribution in [-0.4, -0.2) is 55.9 Å². The maximum atomic E-state index is 12.2. The third-order valence-corrected chi connectivity index (χ3v) is 2.83. The van der Waals surface area contributed by atoms with Gasteiger partial charge in [-0.05, 0) is 33.2 Å². The molecule has 0 radical (unpaired) electrons. The highest BCUT2D eigenvalue weighted by Crippen LogP contribution is 2.21. The smallest absolute Gasteiger partial charge is 0.401 e. The molecule has 0 saturated heterocycles. The van der Waals surface area contributed by atoms with Crippen LogP contribution >= 0.6 is 0 Å². The van der Waals surface area contributed by atoms with Crippen LogP contribution in [0.2, 0.25) is 0 Å². The fraction of sp³-hybridized carbons (Fsp3) is 0.917. The highest BCUT2D eigenvalue weighted by molar-refractivity contribution is 5.75. The van der Waals surface area contributed by atoms with Crippen LogP contribution in [0.3, 0.4) is 0 Å². The zero-order valence-corrected chi connectivity index (χ0v) is 11.3. The number of nitrogens with one attached hydrogen (secondary N) is 1. The van der Waals surface area contributed by atoms with Crippen molar-refractivity contribution in [3.63, 3.8) is 0 Å². The lowest BCUT2D eigenvalue weighted by molar-refractivity contribution is -0.147. The Morgan fingerprint density at radius 3 is 2.58 bits per heavy atom. The average Bonchev–Trinajstić information content (AvgIpc) is 3.05. The van der Waals surface area contributed by atoms with E-state index in [1.165, 1.54) is 11.9 Å². The van der Waals surface area contributed by atoms with Crippen molar-refractivity contribution >= 4 is 5.97 Å². The largest absolute Gasteiger partial charge is 0.465 e. The first-order valence-corrected chi connectivity index (χ1v) is 6.49. The summed E-state index contributed by atoms with van der Waals surface area (Å²) in [7, 11) is 1.40. The number of hydrogen-bond acceptors (Lipinski definition) is 4. The van der Waals surface area contributed by atoms with Gasteiger partial charge in [-0.2, -0.15) is 13.2 Å². The molecule has 1 atom stereocenters. The van der Waals surface area contributed by atoms with E-state index in [0.29, 0.717) is 12.5 Å². The zero-order chi connectivity index (χ0) is 14.5. The summed E-state index contributed by atoms with van der Waals surface area (Å²) < 4.78 is 41.5. The number of nitrogens with zero attached hydrogens (tertiary/aromatic N) is 1. The van der Waals surface area contributed by atoms with Crippen molar-refractivity contribution in [2.75, 3.05) is 26.7 Å². The van der Waals surface area contributed by atoms with Crippen molar-refractivity contribution in [1.82, 2.24) is 10.2 Å². The number of esters is 1. The summed E-state index contributed by atoms with van der Waals surface area (Å²) >= 11 is 0. The van der Waals surface area contributed by atoms with Crippen molar-refractivity contribution in [1.29, 1.82) is 0 Å². The molecule has 1 aliphatic rings. The van der Waals surface area contributed by atoms with E-state index in [1.807, 2.05) is 0 Å². The van der Waals surface area contributed by atoms with Gasteiger partial charge in [0.1, 0.15) is 6.04 Å². The van der Waals surface area contributed by atoms with E-state index in [0.717, 1.165) is 12.8 Å². The van der Waals surface area contributed by atoms with Crippen LogP contribution in [-0.2, 0) is 9.53 Å². The highest BCUT2D eigenvalue weighted by atomic mass is 19.4. The van der Waals surface area contributed by atoms with Crippen LogP contribution < -0.4 is 5.32 Å². The topological polar surface area (TPSA) is 41.6 Å². The lowest BCUT2D eigenvalue weighted by Gasteiger charge is -2.22. The summed E-state index contributed by atoms with van der Waals surface area (Å²) in [6.45, 7) is 1.22. The minimum atomic E-state index is -4.21. The highest BCUT2D eigenvalue weighted by Gasteiger charge is 2.31. The number of carbonyl (C=O) groups is 1. The number of carbonyl (C=O) groups excluding carboxylic acids is 1. The fourth-order valence-electron chi connectivity index (χ4n) is 1.78. The summed E-state index contributed by atoms with van der Waals surface area (Å²) in [5, 5.41) is 3.11. The lowest BCUT2D eigenvalue weighted by Crippen LogP contribution is -2.42. The van der Waals surface area contributed by atoms with Gasteiger partial charge in [-0.1, -0.05) is 0 Å². The number of hydrogen-bond donors (Lipinski definition) is 1. The summed E-state index contributed by atoms with van der Waals surface area (Å²) in [5.41, 5.74) is 0. The van der Waals surface area contributed by atoms with E-state index in [-0.39, 0.29) is 19.1 Å². The molecule has 1 N–H and O–H groups in total. The molecule has 0 heterocycles. The van der Waals surface area contributed by atoms with Crippen LogP contribution in [0.1, 0.15) is 26.2 Å². The molecule has 1 aliphatic carbocycles. The molecule has 1 saturated carbocycles. The summed E-state index contributed by atoms with van der Waals surface area (Å²) in [5.74, 6) is -0.380. The Bertz CT molecular complexity index is 293. The van der Waals surface area contributed by atoms with E-state index in [9.17, 15) is 18.0 Å². The minimum absolute atomic E-state index is 0.197. The normalized spacial score (nSPS) is 17.6. The first-order valence-electron chi connectivity index (χ1n) is 6.49. The monoisotopic (exact) mass is 282 g/mol. The van der Waals surface area contributed by atoms with Crippen molar-refractivity contribution in [3.8, 4) is 0 Å². The van der Waals surface area contributed by atoms with E-state index in [1.54, 1.807) is 6.92 Å². The van der Waals surface area contributed by atoms with Gasteiger partial charge in [-0.25, -0.2) is 0 Å². The summed E-state index contributed by atoms with van der Waals surface area (Å²) in [4.78, 5) is 12.8. The SMILES string of the molecule is CCOC(=O)C(CCN(C)CC(F)(F)F)NC1CC1. The number of ether oxygens (including phenoxy) is 1. The Balaban J connectivity index is 2.36. The Kier molecular flexibility index (Phi) is 6.06. The third kappa shape index (κ3) is 7.37. The number of rotatable bonds is 8. The first-order chi connectivity index (χ1) is 8.81. The Morgan fingerprint density at radius 2 is 2.11 bits per heavy atom. The molecule has 0 aromatic carbocycles. The van der Waals surface area contributed by atoms with E-state index in [2.05, 4.69) is 5.32 Å². The molecule has 1 fully saturated rings. The number of halogens is 3. The molecule has 0 amide bonds. The van der Waals surface area contributed by atoms with Gasteiger partial charge in [-0.3, -0.25) is 9.69 Å². The fourth-order valence-corrected chi connectivity index (χ4v) is 1.78. The second-order valence-corrected chi connectivity index (χ2v) is 4.89. The molecular formula is C12H21F3N2O2. The predicted molar refractivity (Wildman–Crippen MR) is 64.7 cm³/mol. The molecule has 4 nitrogen and oxygen atoms in total. The second-order valence-electron chi connectivity index (χ2n) is 4.89. The summed E-state index contributed by atoms with van der Waals surface area (Å²) in [6.07, 6.45) is -1.87. The Morgan fingerprint density at radius 1 is 1.47 bits per heavy atom. The van der Waals surface area contributed by atoms with Crippen LogP contribution in [0.25, 0.3) is 0 Å². The minimum Gasteiger partial charge on any atom is -0.465 e. The molecule has 0 aromatic rings. The molecule has 0 aliphatic heterocycles. The van der Waals surface area contributed by atoms with Gasteiger partial charge in [0.15, 0.2) is 0 Å². The molecule has 0 bridgehead atoms. The van der Waals surface area contributed by atoms with Gasteiger partial charge in [0.05, 0.1) is 13.2 Å². The van der Waals surface area contributed by atoms with Gasteiger partial charge in [0.25, 0.3) is 0 Å². The Labute approximate surface area is 111 Å². The molecule has 1 rings (SSSR count). The molecule has 0 spiro atoms. The van der Waals surface area contributed by atoms with Crippen LogP contribution in [0, 0.1) is 0 Å². The Hall–Kier alpha value is -0.820. The second kappa shape index (κ2) is 7.09. The summed E-state index contributed by atoms with van der Waals surface area (Å²) in [6, 6.07) is -0.203. The van der Waals surface area contributed by atoms with Gasteiger partial charge in [0, 0.05) is 12.6 Å². The van der Waals surface area contributed by atoms with E-state index >= 15 is 0 Å². The lowest BCUT2D eigenvalue weighted by atomic mass is 10.2. The molecule has 1 unspecified atom stereocenters. The maximum Gasteiger partial charge on any atom is 0.401 e. The van der Waals surface area contributed by atoms with Gasteiger partial charge in [-0.15, -0.1) is 0 Å². The maximum absolute atomic E-state index is 12.2. The third-order valence-electron chi connectivity index (χ3n) is 2.83. The van der Waals surface area contributed by atoms with Gasteiger partial charge >= 0.3 is 12.1 Å². The predicted octanol–water partition coefficient (Wildman–Crippen LogP) is 1.55. The van der Waals surface area contributed by atoms with Gasteiger partial charge < -0.3 is 10.1 Å². The standard InChI is InChI=1S/C12H21F3N2O2/c1-3-19-11(18)10(16-9-4-5-9)6-7-17(2)8-12(13,14)15/h9-10,16H,3-8H2,1-2H3. The molecular weight excluding hydrogens is 261 g/mol. The molecule has 19 heavy (non-hydrogen) atoms. The van der Waals surface area contributed by atoms with Crippen molar-refractivity contribution in [3.05, 3.63) is 0 Å². The van der Waals surface area contributed by atoms with Crippen molar-refractivity contribution in [2.45, 2.75) is 44.4 Å². The number of alkyl halides is 3. The van der Waals surface area contributed by atoms with Crippen LogP contribution in [0.15, 0.2) is 0 Å². The van der Waals surface area contributed by atoms with Crippen molar-refractivity contribution < 1.29 is 22.7 Å². The van der Waals surface area contributed by atoms with Crippen LogP contribution in [0.5, 0.6) is 0 Å². The van der Waals surface area contributed by atoms with Gasteiger partial charge in [0.2, 0.25) is 0 Å². The quantitative estimate of drug-likeness (QED) is 0.686. The molecule has 0 aromatic heterocycles. The van der Waals surface area contributed by atoms with Crippen molar-refractivity contribution in [2.24, 2.45) is 0 Å². The van der Waals surface area contributed by atoms with E-state index < -0.39 is 18.8 Å². The van der Waals surface area contributed by atoms with E-state index in [4.69, 9.17) is 4.74 Å². The molecule has 7 heteroatoms. The first kappa shape index (κ1) is 16.2. The average molecular weight is 282 g/mol. The molecule has 112 valence electrons. The van der Waals surface area contributed by atoms with Crippen LogP contribution in [0.4, 0.5) is 13.2 Å². The zero-order valence-electron chi connectivity index (χ0n) is 11.3.